The van der Waals surface area contributed by atoms with Crippen LogP contribution >= 0.6 is 0 Å². The number of ether oxygens (including phenoxy) is 1. The molecule has 11 heteroatoms. The van der Waals surface area contributed by atoms with Crippen molar-refractivity contribution < 1.29 is 23.8 Å². The monoisotopic (exact) mass is 533 g/mol. The Hall–Kier alpha value is -4.46. The van der Waals surface area contributed by atoms with E-state index in [-0.39, 0.29) is 42.3 Å². The Labute approximate surface area is 223 Å². The van der Waals surface area contributed by atoms with Crippen LogP contribution in [0.15, 0.2) is 35.3 Å². The minimum atomic E-state index is -1.60. The number of nitriles is 1. The smallest absolute Gasteiger partial charge is 0.268 e. The summed E-state index contributed by atoms with van der Waals surface area (Å²) in [6.07, 6.45) is 3.25. The van der Waals surface area contributed by atoms with Crippen LogP contribution in [0.2, 0.25) is 0 Å². The first-order chi connectivity index (χ1) is 18.4. The van der Waals surface area contributed by atoms with Crippen molar-refractivity contribution in [2.75, 3.05) is 6.54 Å². The van der Waals surface area contributed by atoms with E-state index >= 15 is 0 Å². The Morgan fingerprint density at radius 3 is 2.64 bits per heavy atom. The summed E-state index contributed by atoms with van der Waals surface area (Å²) in [6.45, 7) is 4.65. The number of amides is 2. The minimum Gasteiger partial charge on any atom is -0.505 e. The summed E-state index contributed by atoms with van der Waals surface area (Å²) in [4.78, 5) is 44.4. The highest BCUT2D eigenvalue weighted by atomic mass is 19.1. The number of hydrogen-bond donors (Lipinski definition) is 3. The maximum absolute atomic E-state index is 13.7. The molecule has 39 heavy (non-hydrogen) atoms. The lowest BCUT2D eigenvalue weighted by molar-refractivity contribution is -0.137. The maximum atomic E-state index is 13.7. The van der Waals surface area contributed by atoms with Crippen LogP contribution in [0.25, 0.3) is 11.0 Å². The molecule has 3 aromatic rings. The van der Waals surface area contributed by atoms with E-state index < -0.39 is 45.5 Å². The third kappa shape index (κ3) is 4.90. The van der Waals surface area contributed by atoms with Gasteiger partial charge < -0.3 is 20.5 Å². The van der Waals surface area contributed by atoms with E-state index in [1.165, 1.54) is 29.8 Å². The number of carbonyl (C=O) groups excluding carboxylic acids is 2. The van der Waals surface area contributed by atoms with Gasteiger partial charge in [-0.1, -0.05) is 12.1 Å². The lowest BCUT2D eigenvalue weighted by Gasteiger charge is -2.36. The average Bonchev–Trinajstić information content (AvgIpc) is 3.71. The molecule has 0 unspecified atom stereocenters. The van der Waals surface area contributed by atoms with Gasteiger partial charge in [-0.3, -0.25) is 23.9 Å². The van der Waals surface area contributed by atoms with Crippen LogP contribution in [-0.2, 0) is 17.8 Å². The van der Waals surface area contributed by atoms with Crippen molar-refractivity contribution in [3.8, 4) is 17.6 Å². The molecule has 0 radical (unpaired) electrons. The van der Waals surface area contributed by atoms with Crippen molar-refractivity contribution >= 4 is 22.8 Å². The molecule has 10 nitrogen and oxygen atoms in total. The first-order valence-electron chi connectivity index (χ1n) is 12.6. The zero-order valence-electron chi connectivity index (χ0n) is 21.8. The van der Waals surface area contributed by atoms with Gasteiger partial charge in [0.1, 0.15) is 22.4 Å². The Bertz CT molecular complexity index is 1600. The largest absolute Gasteiger partial charge is 0.505 e. The van der Waals surface area contributed by atoms with E-state index in [1.54, 1.807) is 26.0 Å². The van der Waals surface area contributed by atoms with Crippen LogP contribution in [0.5, 0.6) is 11.5 Å². The number of rotatable bonds is 7. The summed E-state index contributed by atoms with van der Waals surface area (Å²) in [7, 11) is 0. The van der Waals surface area contributed by atoms with Gasteiger partial charge in [-0.25, -0.2) is 4.39 Å². The molecule has 1 atom stereocenters. The predicted molar refractivity (Wildman–Crippen MR) is 139 cm³/mol. The number of halogens is 1. The first-order valence-corrected chi connectivity index (χ1v) is 12.6. The SMILES string of the molecule is CC(C)(C#N)CNC(=O)[C@@]1(C)Cn2c(=O)c(C(=O)NC3CC3)c(O)c3ncc(Cc4ccc(F)cc4)c(c32)O1. The lowest BCUT2D eigenvalue weighted by atomic mass is 9.94. The standard InChI is InChI=1S/C28H28FN5O5/c1-27(2,12-30)13-32-26(38)28(3)14-34-21-20(22(35)19(25(34)37)24(36)33-18-8-9-18)31-11-16(23(21)39-28)10-15-4-6-17(29)7-5-15/h4-7,11,18,35H,8-10,13-14H2,1-3H3,(H,32,38)(H,33,36)/t28-/m1/s1. The second-order valence-corrected chi connectivity index (χ2v) is 11.0. The Morgan fingerprint density at radius 1 is 1.31 bits per heavy atom. The van der Waals surface area contributed by atoms with Gasteiger partial charge in [0.15, 0.2) is 11.5 Å². The van der Waals surface area contributed by atoms with Crippen molar-refractivity contribution in [2.24, 2.45) is 5.41 Å². The highest BCUT2D eigenvalue weighted by Gasteiger charge is 2.44. The number of nitrogens with zero attached hydrogens (tertiary/aromatic N) is 3. The normalized spacial score (nSPS) is 18.2. The third-order valence-electron chi connectivity index (χ3n) is 6.98. The van der Waals surface area contributed by atoms with Crippen molar-refractivity contribution in [3.63, 3.8) is 0 Å². The average molecular weight is 534 g/mol. The van der Waals surface area contributed by atoms with Crippen LogP contribution in [0.3, 0.4) is 0 Å². The van der Waals surface area contributed by atoms with Crippen molar-refractivity contribution in [3.05, 3.63) is 63.3 Å². The van der Waals surface area contributed by atoms with E-state index in [9.17, 15) is 29.1 Å². The van der Waals surface area contributed by atoms with Crippen LogP contribution in [-0.4, -0.2) is 44.7 Å². The minimum absolute atomic E-state index is 0.0125. The fraction of sp³-hybridized carbons (Fsp3) is 0.393. The van der Waals surface area contributed by atoms with Crippen LogP contribution in [0.1, 0.15) is 55.1 Å². The highest BCUT2D eigenvalue weighted by molar-refractivity contribution is 6.03. The van der Waals surface area contributed by atoms with E-state index in [2.05, 4.69) is 21.7 Å². The summed E-state index contributed by atoms with van der Waals surface area (Å²) < 4.78 is 21.0. The molecule has 3 N–H and O–H groups in total. The van der Waals surface area contributed by atoms with E-state index in [0.717, 1.165) is 18.4 Å². The zero-order chi connectivity index (χ0) is 28.1. The molecule has 2 aliphatic rings. The van der Waals surface area contributed by atoms with Gasteiger partial charge in [-0.05, 0) is 51.3 Å². The summed E-state index contributed by atoms with van der Waals surface area (Å²) in [5, 5.41) is 25.8. The van der Waals surface area contributed by atoms with Crippen molar-refractivity contribution in [1.29, 1.82) is 5.26 Å². The molecule has 1 saturated carbocycles. The molecule has 5 rings (SSSR count). The lowest BCUT2D eigenvalue weighted by Crippen LogP contribution is -2.56. The molecular formula is C28H28FN5O5. The van der Waals surface area contributed by atoms with E-state index in [1.807, 2.05) is 0 Å². The molecule has 0 saturated heterocycles. The molecule has 2 aromatic heterocycles. The molecule has 1 aromatic carbocycles. The summed E-state index contributed by atoms with van der Waals surface area (Å²) in [5.41, 5.74) is -2.31. The molecule has 2 amide bonds. The number of hydrogen-bond acceptors (Lipinski definition) is 7. The molecule has 0 bridgehead atoms. The molecule has 1 fully saturated rings. The molecular weight excluding hydrogens is 505 g/mol. The number of pyridine rings is 2. The number of aromatic nitrogens is 2. The summed E-state index contributed by atoms with van der Waals surface area (Å²) in [5.74, 6) is -2.08. The van der Waals surface area contributed by atoms with Crippen molar-refractivity contribution in [1.82, 2.24) is 20.2 Å². The molecule has 3 heterocycles. The van der Waals surface area contributed by atoms with Gasteiger partial charge in [0, 0.05) is 30.8 Å². The number of benzene rings is 1. The van der Waals surface area contributed by atoms with E-state index in [4.69, 9.17) is 4.74 Å². The van der Waals surface area contributed by atoms with Crippen molar-refractivity contribution in [2.45, 2.75) is 58.2 Å². The van der Waals surface area contributed by atoms with E-state index in [0.29, 0.717) is 5.56 Å². The van der Waals surface area contributed by atoms with Gasteiger partial charge in [0.25, 0.3) is 17.4 Å². The first kappa shape index (κ1) is 26.2. The quantitative estimate of drug-likeness (QED) is 0.423. The van der Waals surface area contributed by atoms with Crippen LogP contribution < -0.4 is 20.9 Å². The molecule has 202 valence electrons. The maximum Gasteiger partial charge on any atom is 0.268 e. The Kier molecular flexibility index (Phi) is 6.29. The van der Waals surface area contributed by atoms with Crippen LogP contribution in [0.4, 0.5) is 4.39 Å². The summed E-state index contributed by atoms with van der Waals surface area (Å²) in [6, 6.07) is 7.89. The molecule has 1 aliphatic carbocycles. The third-order valence-corrected chi connectivity index (χ3v) is 6.98. The van der Waals surface area contributed by atoms with Crippen LogP contribution in [0, 0.1) is 22.6 Å². The summed E-state index contributed by atoms with van der Waals surface area (Å²) >= 11 is 0. The highest BCUT2D eigenvalue weighted by Crippen LogP contribution is 2.40. The van der Waals surface area contributed by atoms with Gasteiger partial charge in [-0.15, -0.1) is 0 Å². The fourth-order valence-corrected chi connectivity index (χ4v) is 4.51. The second-order valence-electron chi connectivity index (χ2n) is 11.0. The Morgan fingerprint density at radius 2 is 2.00 bits per heavy atom. The van der Waals surface area contributed by atoms with Gasteiger partial charge in [0.2, 0.25) is 5.60 Å². The number of carbonyl (C=O) groups is 2. The van der Waals surface area contributed by atoms with Gasteiger partial charge >= 0.3 is 0 Å². The zero-order valence-corrected chi connectivity index (χ0v) is 21.8. The van der Waals surface area contributed by atoms with Gasteiger partial charge in [-0.2, -0.15) is 5.26 Å². The second kappa shape index (κ2) is 9.38. The molecule has 1 aliphatic heterocycles. The number of aromatic hydroxyl groups is 1. The Balaban J connectivity index is 1.64. The topological polar surface area (TPSA) is 146 Å². The fourth-order valence-electron chi connectivity index (χ4n) is 4.51. The molecule has 0 spiro atoms. The predicted octanol–water partition coefficient (Wildman–Crippen LogP) is 2.54. The van der Waals surface area contributed by atoms with Gasteiger partial charge in [0.05, 0.1) is 18.0 Å². The number of nitrogens with one attached hydrogen (secondary N) is 2.